The van der Waals surface area contributed by atoms with Crippen LogP contribution in [0.5, 0.6) is 0 Å². The quantitative estimate of drug-likeness (QED) is 0.457. The van der Waals surface area contributed by atoms with Gasteiger partial charge in [-0.2, -0.15) is 0 Å². The molecule has 0 aliphatic rings. The first-order chi connectivity index (χ1) is 16.2. The summed E-state index contributed by atoms with van der Waals surface area (Å²) in [6.45, 7) is 7.57. The van der Waals surface area contributed by atoms with Gasteiger partial charge in [0.1, 0.15) is 11.9 Å². The average Bonchev–Trinajstić information content (AvgIpc) is 2.74. The van der Waals surface area contributed by atoms with Crippen molar-refractivity contribution in [3.63, 3.8) is 0 Å². The van der Waals surface area contributed by atoms with Gasteiger partial charge < -0.3 is 10.2 Å². The van der Waals surface area contributed by atoms with Crippen LogP contribution in [0.25, 0.3) is 0 Å². The standard InChI is InChI=1S/C25H33BrFN3O4S/c1-18(24(32)28-25(2,3)4)29(17-19-8-10-20(26)11-9-19)23(31)7-6-16-30(35(5,33)34)22-14-12-21(27)13-15-22/h8-15,18H,6-7,16-17H2,1-5H3,(H,28,32). The van der Waals surface area contributed by atoms with E-state index in [4.69, 9.17) is 0 Å². The molecule has 0 radical (unpaired) electrons. The lowest BCUT2D eigenvalue weighted by Gasteiger charge is -2.32. The summed E-state index contributed by atoms with van der Waals surface area (Å²) in [5.41, 5.74) is 0.732. The molecule has 35 heavy (non-hydrogen) atoms. The maximum absolute atomic E-state index is 13.3. The van der Waals surface area contributed by atoms with Gasteiger partial charge in [-0.25, -0.2) is 12.8 Å². The molecule has 0 aliphatic carbocycles. The van der Waals surface area contributed by atoms with E-state index in [1.807, 2.05) is 45.0 Å². The first-order valence-electron chi connectivity index (χ1n) is 11.3. The summed E-state index contributed by atoms with van der Waals surface area (Å²) in [6, 6.07) is 11.9. The SMILES string of the molecule is CC(C(=O)NC(C)(C)C)N(Cc1ccc(Br)cc1)C(=O)CCCN(c1ccc(F)cc1)S(C)(=O)=O. The van der Waals surface area contributed by atoms with Gasteiger partial charge >= 0.3 is 0 Å². The third-order valence-electron chi connectivity index (χ3n) is 5.20. The van der Waals surface area contributed by atoms with Crippen LogP contribution in [0, 0.1) is 5.82 Å². The molecule has 1 unspecified atom stereocenters. The molecule has 1 atom stereocenters. The lowest BCUT2D eigenvalue weighted by molar-refractivity contribution is -0.141. The molecule has 10 heteroatoms. The lowest BCUT2D eigenvalue weighted by Crippen LogP contribution is -2.52. The van der Waals surface area contributed by atoms with E-state index in [1.165, 1.54) is 29.2 Å². The van der Waals surface area contributed by atoms with Crippen molar-refractivity contribution in [3.05, 3.63) is 64.4 Å². The fourth-order valence-electron chi connectivity index (χ4n) is 3.45. The normalized spacial score (nSPS) is 12.7. The van der Waals surface area contributed by atoms with Crippen LogP contribution in [-0.2, 0) is 26.2 Å². The zero-order valence-corrected chi connectivity index (χ0v) is 23.1. The van der Waals surface area contributed by atoms with E-state index in [0.717, 1.165) is 20.6 Å². The molecule has 0 spiro atoms. The van der Waals surface area contributed by atoms with Gasteiger partial charge in [-0.1, -0.05) is 28.1 Å². The average molecular weight is 571 g/mol. The number of amides is 2. The Labute approximate surface area is 215 Å². The molecule has 0 saturated heterocycles. The van der Waals surface area contributed by atoms with Crippen molar-refractivity contribution in [1.82, 2.24) is 10.2 Å². The van der Waals surface area contributed by atoms with Crippen molar-refractivity contribution in [2.75, 3.05) is 17.1 Å². The van der Waals surface area contributed by atoms with Gasteiger partial charge in [-0.3, -0.25) is 13.9 Å². The highest BCUT2D eigenvalue weighted by Gasteiger charge is 2.28. The molecule has 2 aromatic carbocycles. The van der Waals surface area contributed by atoms with Crippen LogP contribution in [0.15, 0.2) is 53.0 Å². The van der Waals surface area contributed by atoms with Crippen LogP contribution in [0.4, 0.5) is 10.1 Å². The number of rotatable bonds is 10. The maximum atomic E-state index is 13.3. The van der Waals surface area contributed by atoms with Crippen molar-refractivity contribution in [1.29, 1.82) is 0 Å². The molecule has 0 aliphatic heterocycles. The van der Waals surface area contributed by atoms with E-state index in [-0.39, 0.29) is 37.7 Å². The fraction of sp³-hybridized carbons (Fsp3) is 0.440. The van der Waals surface area contributed by atoms with Crippen molar-refractivity contribution >= 4 is 43.5 Å². The molecule has 192 valence electrons. The third-order valence-corrected chi connectivity index (χ3v) is 6.92. The Morgan fingerprint density at radius 3 is 2.14 bits per heavy atom. The van der Waals surface area contributed by atoms with Gasteiger partial charge in [-0.05, 0) is 76.1 Å². The Hall–Kier alpha value is -2.46. The summed E-state index contributed by atoms with van der Waals surface area (Å²) in [7, 11) is -3.63. The van der Waals surface area contributed by atoms with Crippen molar-refractivity contribution in [3.8, 4) is 0 Å². The summed E-state index contributed by atoms with van der Waals surface area (Å²) >= 11 is 3.39. The molecule has 0 heterocycles. The fourth-order valence-corrected chi connectivity index (χ4v) is 4.68. The zero-order chi connectivity index (χ0) is 26.4. The summed E-state index contributed by atoms with van der Waals surface area (Å²) in [6.07, 6.45) is 1.33. The molecule has 0 fully saturated rings. The van der Waals surface area contributed by atoms with Crippen LogP contribution in [-0.4, -0.2) is 49.5 Å². The molecule has 2 aromatic rings. The number of benzene rings is 2. The summed E-state index contributed by atoms with van der Waals surface area (Å²) in [4.78, 5) is 27.6. The molecule has 0 aromatic heterocycles. The Kier molecular flexibility index (Phi) is 9.85. The Morgan fingerprint density at radius 2 is 1.63 bits per heavy atom. The number of nitrogens with one attached hydrogen (secondary N) is 1. The van der Waals surface area contributed by atoms with Crippen LogP contribution < -0.4 is 9.62 Å². The molecule has 1 N–H and O–H groups in total. The zero-order valence-electron chi connectivity index (χ0n) is 20.7. The predicted molar refractivity (Wildman–Crippen MR) is 140 cm³/mol. The first kappa shape index (κ1) is 28.8. The van der Waals surface area contributed by atoms with Gasteiger partial charge in [-0.15, -0.1) is 0 Å². The summed E-state index contributed by atoms with van der Waals surface area (Å²) in [5, 5.41) is 2.91. The van der Waals surface area contributed by atoms with Gasteiger partial charge in [0.15, 0.2) is 0 Å². The number of halogens is 2. The lowest BCUT2D eigenvalue weighted by atomic mass is 10.1. The number of anilines is 1. The van der Waals surface area contributed by atoms with E-state index in [9.17, 15) is 22.4 Å². The highest BCUT2D eigenvalue weighted by Crippen LogP contribution is 2.20. The highest BCUT2D eigenvalue weighted by atomic mass is 79.9. The van der Waals surface area contributed by atoms with Crippen LogP contribution >= 0.6 is 15.9 Å². The highest BCUT2D eigenvalue weighted by molar-refractivity contribution is 9.10. The van der Waals surface area contributed by atoms with Gasteiger partial charge in [0, 0.05) is 29.5 Å². The largest absolute Gasteiger partial charge is 0.350 e. The van der Waals surface area contributed by atoms with Crippen LogP contribution in [0.2, 0.25) is 0 Å². The number of hydrogen-bond acceptors (Lipinski definition) is 4. The minimum Gasteiger partial charge on any atom is -0.350 e. The molecule has 0 bridgehead atoms. The third kappa shape index (κ3) is 9.25. The Balaban J connectivity index is 2.17. The van der Waals surface area contributed by atoms with E-state index in [1.54, 1.807) is 6.92 Å². The van der Waals surface area contributed by atoms with Gasteiger partial charge in [0.2, 0.25) is 21.8 Å². The number of carbonyl (C=O) groups is 2. The first-order valence-corrected chi connectivity index (χ1v) is 13.9. The van der Waals surface area contributed by atoms with E-state index in [0.29, 0.717) is 5.69 Å². The molecule has 2 amide bonds. The van der Waals surface area contributed by atoms with Crippen molar-refractivity contribution < 1.29 is 22.4 Å². The molecular formula is C25H33BrFN3O4S. The van der Waals surface area contributed by atoms with Gasteiger partial charge in [0.25, 0.3) is 0 Å². The molecule has 2 rings (SSSR count). The number of nitrogens with zero attached hydrogens (tertiary/aromatic N) is 2. The minimum absolute atomic E-state index is 0.0386. The maximum Gasteiger partial charge on any atom is 0.242 e. The molecular weight excluding hydrogens is 537 g/mol. The molecule has 7 nitrogen and oxygen atoms in total. The summed E-state index contributed by atoms with van der Waals surface area (Å²) < 4.78 is 39.9. The monoisotopic (exact) mass is 569 g/mol. The number of sulfonamides is 1. The Morgan fingerprint density at radius 1 is 1.06 bits per heavy atom. The number of hydrogen-bond donors (Lipinski definition) is 1. The Bertz CT molecular complexity index is 1120. The van der Waals surface area contributed by atoms with Crippen LogP contribution in [0.3, 0.4) is 0 Å². The van der Waals surface area contributed by atoms with Gasteiger partial charge in [0.05, 0.1) is 11.9 Å². The minimum atomic E-state index is -3.63. The number of carbonyl (C=O) groups excluding carboxylic acids is 2. The second-order valence-corrected chi connectivity index (χ2v) is 12.3. The molecule has 0 saturated carbocycles. The van der Waals surface area contributed by atoms with Crippen molar-refractivity contribution in [2.45, 2.75) is 58.7 Å². The second-order valence-electron chi connectivity index (χ2n) is 9.48. The predicted octanol–water partition coefficient (Wildman–Crippen LogP) is 4.47. The topological polar surface area (TPSA) is 86.8 Å². The van der Waals surface area contributed by atoms with Crippen LogP contribution in [0.1, 0.15) is 46.1 Å². The second kappa shape index (κ2) is 12.0. The van der Waals surface area contributed by atoms with E-state index < -0.39 is 27.4 Å². The van der Waals surface area contributed by atoms with E-state index in [2.05, 4.69) is 21.2 Å². The van der Waals surface area contributed by atoms with Crippen molar-refractivity contribution in [2.24, 2.45) is 0 Å². The summed E-state index contributed by atoms with van der Waals surface area (Å²) in [5.74, 6) is -1.01. The smallest absolute Gasteiger partial charge is 0.242 e. The van der Waals surface area contributed by atoms with E-state index >= 15 is 0 Å².